The number of fused-ring (bicyclic) bond motifs is 1. The average molecular weight is 204 g/mol. The van der Waals surface area contributed by atoms with Gasteiger partial charge in [0.25, 0.3) is 5.78 Å². The highest BCUT2D eigenvalue weighted by molar-refractivity contribution is 6.45. The van der Waals surface area contributed by atoms with E-state index in [0.717, 1.165) is 0 Å². The molecule has 15 heavy (non-hydrogen) atoms. The Hall–Kier alpha value is -2.13. The Morgan fingerprint density at radius 1 is 1.53 bits per heavy atom. The summed E-state index contributed by atoms with van der Waals surface area (Å²) in [4.78, 5) is 14.6. The van der Waals surface area contributed by atoms with E-state index in [4.69, 9.17) is 15.0 Å². The van der Waals surface area contributed by atoms with Crippen LogP contribution in [-0.4, -0.2) is 30.0 Å². The molecule has 0 saturated heterocycles. The Morgan fingerprint density at radius 3 is 3.00 bits per heavy atom. The zero-order valence-electron chi connectivity index (χ0n) is 8.06. The fourth-order valence-corrected chi connectivity index (χ4v) is 1.38. The van der Waals surface area contributed by atoms with Crippen molar-refractivity contribution in [3.8, 4) is 11.5 Å². The van der Waals surface area contributed by atoms with Crippen molar-refractivity contribution in [3.05, 3.63) is 29.3 Å². The molecule has 1 aromatic carbocycles. The highest BCUT2D eigenvalue weighted by Gasteiger charge is 2.31. The summed E-state index contributed by atoms with van der Waals surface area (Å²) in [5.41, 5.74) is 8.92. The Kier molecular flexibility index (Phi) is 2.23. The van der Waals surface area contributed by atoms with Crippen LogP contribution in [0.5, 0.6) is 11.5 Å². The van der Waals surface area contributed by atoms with Crippen molar-refractivity contribution in [1.82, 2.24) is 0 Å². The monoisotopic (exact) mass is 204 g/mol. The third-order valence-corrected chi connectivity index (χ3v) is 2.18. The summed E-state index contributed by atoms with van der Waals surface area (Å²) >= 11 is 0. The molecule has 0 atom stereocenters. The maximum absolute atomic E-state index is 11.7. The molecule has 1 aliphatic heterocycles. The predicted octanol–water partition coefficient (Wildman–Crippen LogP) is 0.941. The van der Waals surface area contributed by atoms with Gasteiger partial charge in [0.2, 0.25) is 0 Å². The van der Waals surface area contributed by atoms with Crippen molar-refractivity contribution < 1.29 is 19.1 Å². The van der Waals surface area contributed by atoms with E-state index in [9.17, 15) is 4.79 Å². The van der Waals surface area contributed by atoms with Gasteiger partial charge >= 0.3 is 5.71 Å². The largest absolute Gasteiger partial charge is 0.497 e. The van der Waals surface area contributed by atoms with E-state index in [1.165, 1.54) is 7.11 Å². The van der Waals surface area contributed by atoms with Gasteiger partial charge < -0.3 is 15.0 Å². The number of carbonyl (C=O) groups is 1. The van der Waals surface area contributed by atoms with E-state index >= 15 is 0 Å². The van der Waals surface area contributed by atoms with Crippen LogP contribution in [0.25, 0.3) is 5.53 Å². The van der Waals surface area contributed by atoms with Gasteiger partial charge in [-0.05, 0) is 18.2 Å². The van der Waals surface area contributed by atoms with E-state index in [1.54, 1.807) is 18.2 Å². The lowest BCUT2D eigenvalue weighted by molar-refractivity contribution is -0.0132. The third-order valence-electron chi connectivity index (χ3n) is 2.18. The summed E-state index contributed by atoms with van der Waals surface area (Å²) in [5, 5.41) is 0. The van der Waals surface area contributed by atoms with Crippen molar-refractivity contribution in [2.24, 2.45) is 0 Å². The molecule has 76 valence electrons. The van der Waals surface area contributed by atoms with Crippen LogP contribution in [-0.2, 0) is 0 Å². The standard InChI is InChI=1S/C10H8N2O3/c1-14-6-2-3-9-7(4-6)10(13)8(12-11)5-15-9/h2-4H,5H2,1H3. The van der Waals surface area contributed by atoms with Gasteiger partial charge in [0.05, 0.1) is 12.7 Å². The number of hydrogen-bond donors (Lipinski definition) is 0. The third kappa shape index (κ3) is 1.49. The van der Waals surface area contributed by atoms with Gasteiger partial charge in [0, 0.05) is 0 Å². The molecule has 0 spiro atoms. The van der Waals surface area contributed by atoms with Gasteiger partial charge in [0.15, 0.2) is 6.61 Å². The summed E-state index contributed by atoms with van der Waals surface area (Å²) in [7, 11) is 1.51. The predicted molar refractivity (Wildman–Crippen MR) is 51.4 cm³/mol. The SMILES string of the molecule is COc1ccc2c(c1)C(=O)C(=[N+]=[N-])CO2. The molecule has 0 bridgehead atoms. The van der Waals surface area contributed by atoms with Crippen molar-refractivity contribution in [2.75, 3.05) is 13.7 Å². The zero-order chi connectivity index (χ0) is 10.8. The molecule has 0 saturated carbocycles. The fourth-order valence-electron chi connectivity index (χ4n) is 1.38. The highest BCUT2D eigenvalue weighted by Crippen LogP contribution is 2.27. The molecule has 0 fully saturated rings. The van der Waals surface area contributed by atoms with Crippen LogP contribution in [0.3, 0.4) is 0 Å². The molecule has 1 aromatic rings. The van der Waals surface area contributed by atoms with Crippen molar-refractivity contribution >= 4 is 11.5 Å². The minimum atomic E-state index is -0.336. The lowest BCUT2D eigenvalue weighted by atomic mass is 10.0. The molecule has 0 unspecified atom stereocenters. The molecule has 0 aliphatic carbocycles. The molecular formula is C10H8N2O3. The lowest BCUT2D eigenvalue weighted by Gasteiger charge is -2.13. The fraction of sp³-hybridized carbons (Fsp3) is 0.200. The number of ether oxygens (including phenoxy) is 2. The van der Waals surface area contributed by atoms with Crippen LogP contribution < -0.4 is 9.47 Å². The number of methoxy groups -OCH3 is 1. The Labute approximate surface area is 85.9 Å². The normalized spacial score (nSPS) is 13.9. The lowest BCUT2D eigenvalue weighted by Crippen LogP contribution is -2.28. The van der Waals surface area contributed by atoms with Gasteiger partial charge in [-0.15, -0.1) is 0 Å². The first kappa shape index (κ1) is 9.43. The van der Waals surface area contributed by atoms with Crippen LogP contribution in [0, 0.1) is 0 Å². The number of ketones is 1. The van der Waals surface area contributed by atoms with Crippen molar-refractivity contribution in [2.45, 2.75) is 0 Å². The molecule has 0 amide bonds. The first-order chi connectivity index (χ1) is 7.26. The molecule has 5 nitrogen and oxygen atoms in total. The van der Waals surface area contributed by atoms with Crippen LogP contribution in [0.2, 0.25) is 0 Å². The minimum Gasteiger partial charge on any atom is -0.497 e. The summed E-state index contributed by atoms with van der Waals surface area (Å²) in [6.07, 6.45) is 0. The van der Waals surface area contributed by atoms with E-state index in [2.05, 4.69) is 4.79 Å². The second kappa shape index (κ2) is 3.55. The summed E-state index contributed by atoms with van der Waals surface area (Å²) < 4.78 is 10.2. The van der Waals surface area contributed by atoms with Crippen LogP contribution in [0.1, 0.15) is 10.4 Å². The van der Waals surface area contributed by atoms with E-state index in [-0.39, 0.29) is 18.1 Å². The molecule has 0 radical (unpaired) electrons. The average Bonchev–Trinajstić information content (AvgIpc) is 2.29. The smallest absolute Gasteiger partial charge is 0.376 e. The van der Waals surface area contributed by atoms with Crippen LogP contribution in [0.4, 0.5) is 0 Å². The van der Waals surface area contributed by atoms with Gasteiger partial charge in [-0.2, -0.15) is 4.79 Å². The maximum atomic E-state index is 11.7. The molecule has 0 N–H and O–H groups in total. The first-order valence-electron chi connectivity index (χ1n) is 4.32. The molecule has 5 heteroatoms. The number of nitrogens with zero attached hydrogens (tertiary/aromatic N) is 2. The molecular weight excluding hydrogens is 196 g/mol. The summed E-state index contributed by atoms with van der Waals surface area (Å²) in [6, 6.07) is 4.91. The van der Waals surface area contributed by atoms with Crippen LogP contribution in [0.15, 0.2) is 18.2 Å². The maximum Gasteiger partial charge on any atom is 0.376 e. The number of Topliss-reactive ketones (excluding diaryl/α,β-unsaturated/α-hetero) is 1. The zero-order valence-corrected chi connectivity index (χ0v) is 8.06. The molecule has 2 rings (SSSR count). The quantitative estimate of drug-likeness (QED) is 0.504. The van der Waals surface area contributed by atoms with E-state index in [0.29, 0.717) is 17.1 Å². The van der Waals surface area contributed by atoms with Gasteiger partial charge in [-0.3, -0.25) is 4.79 Å². The Balaban J connectivity index is 2.54. The van der Waals surface area contributed by atoms with Gasteiger partial charge in [-0.25, -0.2) is 0 Å². The van der Waals surface area contributed by atoms with E-state index < -0.39 is 0 Å². The molecule has 1 aliphatic rings. The van der Waals surface area contributed by atoms with Crippen LogP contribution >= 0.6 is 0 Å². The van der Waals surface area contributed by atoms with Gasteiger partial charge in [0.1, 0.15) is 11.5 Å². The molecule has 0 aromatic heterocycles. The number of hydrogen-bond acceptors (Lipinski definition) is 3. The second-order valence-electron chi connectivity index (χ2n) is 3.03. The number of carbonyl (C=O) groups excluding carboxylic acids is 1. The van der Waals surface area contributed by atoms with Gasteiger partial charge in [-0.1, -0.05) is 0 Å². The topological polar surface area (TPSA) is 71.9 Å². The summed E-state index contributed by atoms with van der Waals surface area (Å²) in [5.74, 6) is 0.704. The van der Waals surface area contributed by atoms with Crippen molar-refractivity contribution in [3.63, 3.8) is 0 Å². The van der Waals surface area contributed by atoms with Crippen molar-refractivity contribution in [1.29, 1.82) is 0 Å². The number of rotatable bonds is 1. The molecule has 1 heterocycles. The second-order valence-corrected chi connectivity index (χ2v) is 3.03. The first-order valence-corrected chi connectivity index (χ1v) is 4.32. The highest BCUT2D eigenvalue weighted by atomic mass is 16.5. The summed E-state index contributed by atoms with van der Waals surface area (Å²) in [6.45, 7) is -0.00530. The van der Waals surface area contributed by atoms with E-state index in [1.807, 2.05) is 0 Å². The number of benzene rings is 1. The Bertz CT molecular complexity index is 476. The minimum absolute atomic E-state index is 0.00393. The Morgan fingerprint density at radius 2 is 2.33 bits per heavy atom.